The lowest BCUT2D eigenvalue weighted by atomic mass is 9.68. The van der Waals surface area contributed by atoms with Crippen LogP contribution in [0.15, 0.2) is 36.0 Å². The maximum Gasteiger partial charge on any atom is 0.157 e. The highest BCUT2D eigenvalue weighted by Crippen LogP contribution is 2.41. The van der Waals surface area contributed by atoms with Crippen molar-refractivity contribution in [3.05, 3.63) is 41.6 Å². The Hall–Kier alpha value is -1.77. The Morgan fingerprint density at radius 3 is 2.76 bits per heavy atom. The van der Waals surface area contributed by atoms with Crippen LogP contribution in [0.3, 0.4) is 0 Å². The molecule has 3 nitrogen and oxygen atoms in total. The second-order valence-corrected chi connectivity index (χ2v) is 6.67. The summed E-state index contributed by atoms with van der Waals surface area (Å²) in [6, 6.07) is 7.66. The number of carbonyl (C=O) groups is 1. The van der Waals surface area contributed by atoms with Crippen LogP contribution in [0.2, 0.25) is 0 Å². The number of aromatic hydroxyl groups is 1. The van der Waals surface area contributed by atoms with Crippen molar-refractivity contribution in [3.63, 3.8) is 0 Å². The minimum absolute atomic E-state index is 0.0818. The SMILES string of the molecule is C[C@H]1CN(C2=CC(=O)CC2)CC[C@@]1(C)c1cccc(O)c1. The van der Waals surface area contributed by atoms with Gasteiger partial charge < -0.3 is 10.0 Å². The molecular formula is C18H23NO2. The van der Waals surface area contributed by atoms with Crippen molar-refractivity contribution in [2.45, 2.75) is 38.5 Å². The molecule has 0 aromatic heterocycles. The molecule has 1 aliphatic carbocycles. The summed E-state index contributed by atoms with van der Waals surface area (Å²) in [6.45, 7) is 6.52. The van der Waals surface area contributed by atoms with Gasteiger partial charge in [0.2, 0.25) is 0 Å². The molecule has 1 aliphatic heterocycles. The maximum atomic E-state index is 11.4. The molecule has 0 saturated carbocycles. The van der Waals surface area contributed by atoms with Crippen molar-refractivity contribution in [3.8, 4) is 5.75 Å². The largest absolute Gasteiger partial charge is 0.508 e. The zero-order valence-corrected chi connectivity index (χ0v) is 12.8. The molecule has 112 valence electrons. The minimum Gasteiger partial charge on any atom is -0.508 e. The summed E-state index contributed by atoms with van der Waals surface area (Å²) >= 11 is 0. The van der Waals surface area contributed by atoms with Gasteiger partial charge in [-0.3, -0.25) is 4.79 Å². The Morgan fingerprint density at radius 1 is 1.33 bits per heavy atom. The summed E-state index contributed by atoms with van der Waals surface area (Å²) in [4.78, 5) is 13.8. The lowest BCUT2D eigenvalue weighted by molar-refractivity contribution is -0.114. The van der Waals surface area contributed by atoms with Gasteiger partial charge in [0, 0.05) is 31.3 Å². The topological polar surface area (TPSA) is 40.5 Å². The second kappa shape index (κ2) is 5.21. The molecule has 2 aliphatic rings. The first kappa shape index (κ1) is 14.2. The molecule has 1 heterocycles. The first-order valence-corrected chi connectivity index (χ1v) is 7.77. The monoisotopic (exact) mass is 285 g/mol. The highest BCUT2D eigenvalue weighted by atomic mass is 16.3. The normalized spacial score (nSPS) is 29.6. The quantitative estimate of drug-likeness (QED) is 0.907. The lowest BCUT2D eigenvalue weighted by Gasteiger charge is -2.46. The van der Waals surface area contributed by atoms with Crippen LogP contribution < -0.4 is 0 Å². The smallest absolute Gasteiger partial charge is 0.157 e. The molecule has 1 aromatic rings. The fraction of sp³-hybridized carbons (Fsp3) is 0.500. The van der Waals surface area contributed by atoms with Crippen molar-refractivity contribution in [2.24, 2.45) is 5.92 Å². The molecule has 2 atom stereocenters. The van der Waals surface area contributed by atoms with E-state index in [2.05, 4.69) is 24.8 Å². The predicted molar refractivity (Wildman–Crippen MR) is 83.1 cm³/mol. The number of allylic oxidation sites excluding steroid dienone is 2. The standard InChI is InChI=1S/C18H23NO2/c1-13-12-19(15-6-7-17(21)11-15)9-8-18(13,2)14-4-3-5-16(20)10-14/h3-5,10-11,13,20H,6-9,12H2,1-2H3/t13-,18+/m0/s1. The molecule has 0 bridgehead atoms. The van der Waals surface area contributed by atoms with E-state index >= 15 is 0 Å². The fourth-order valence-electron chi connectivity index (χ4n) is 3.62. The molecule has 3 heteroatoms. The average molecular weight is 285 g/mol. The van der Waals surface area contributed by atoms with Gasteiger partial charge in [0.15, 0.2) is 5.78 Å². The van der Waals surface area contributed by atoms with E-state index in [-0.39, 0.29) is 11.2 Å². The van der Waals surface area contributed by atoms with E-state index in [1.165, 1.54) is 11.3 Å². The van der Waals surface area contributed by atoms with Crippen molar-refractivity contribution >= 4 is 5.78 Å². The van der Waals surface area contributed by atoms with Crippen molar-refractivity contribution < 1.29 is 9.90 Å². The van der Waals surface area contributed by atoms with Gasteiger partial charge in [-0.1, -0.05) is 26.0 Å². The summed E-state index contributed by atoms with van der Waals surface area (Å²) in [5.41, 5.74) is 2.51. The number of hydrogen-bond acceptors (Lipinski definition) is 3. The number of nitrogens with zero attached hydrogens (tertiary/aromatic N) is 1. The molecule has 3 rings (SSSR count). The maximum absolute atomic E-state index is 11.4. The van der Waals surface area contributed by atoms with E-state index in [0.717, 1.165) is 25.9 Å². The average Bonchev–Trinajstić information content (AvgIpc) is 2.88. The van der Waals surface area contributed by atoms with Gasteiger partial charge in [-0.05, 0) is 41.9 Å². The van der Waals surface area contributed by atoms with E-state index in [4.69, 9.17) is 0 Å². The number of carbonyl (C=O) groups excluding carboxylic acids is 1. The summed E-state index contributed by atoms with van der Waals surface area (Å²) in [5.74, 6) is 1.08. The van der Waals surface area contributed by atoms with Gasteiger partial charge in [0.1, 0.15) is 5.75 Å². The number of ketones is 1. The summed E-state index contributed by atoms with van der Waals surface area (Å²) in [5, 5.41) is 9.74. The number of phenols is 1. The molecule has 0 amide bonds. The summed E-state index contributed by atoms with van der Waals surface area (Å²) in [7, 11) is 0. The molecule has 0 spiro atoms. The Bertz CT molecular complexity index is 593. The summed E-state index contributed by atoms with van der Waals surface area (Å²) in [6.07, 6.45) is 4.44. The van der Waals surface area contributed by atoms with E-state index < -0.39 is 0 Å². The third-order valence-electron chi connectivity index (χ3n) is 5.35. The van der Waals surface area contributed by atoms with E-state index in [0.29, 0.717) is 18.1 Å². The van der Waals surface area contributed by atoms with Crippen molar-refractivity contribution in [2.75, 3.05) is 13.1 Å². The van der Waals surface area contributed by atoms with Gasteiger partial charge in [0.25, 0.3) is 0 Å². The van der Waals surface area contributed by atoms with Crippen LogP contribution in [0, 0.1) is 5.92 Å². The molecule has 1 aromatic carbocycles. The number of benzene rings is 1. The molecule has 1 saturated heterocycles. The third-order valence-corrected chi connectivity index (χ3v) is 5.35. The highest BCUT2D eigenvalue weighted by molar-refractivity contribution is 5.92. The zero-order chi connectivity index (χ0) is 15.0. The molecule has 0 unspecified atom stereocenters. The van der Waals surface area contributed by atoms with Crippen molar-refractivity contribution in [1.82, 2.24) is 4.90 Å². The molecule has 1 N–H and O–H groups in total. The van der Waals surface area contributed by atoms with Crippen LogP contribution in [-0.2, 0) is 10.2 Å². The van der Waals surface area contributed by atoms with E-state index in [1.807, 2.05) is 18.2 Å². The Morgan fingerprint density at radius 2 is 2.14 bits per heavy atom. The third kappa shape index (κ3) is 2.57. The molecule has 1 fully saturated rings. The van der Waals surface area contributed by atoms with Crippen LogP contribution in [0.5, 0.6) is 5.75 Å². The van der Waals surface area contributed by atoms with Crippen LogP contribution in [0.4, 0.5) is 0 Å². The Labute approximate surface area is 126 Å². The number of hydrogen-bond donors (Lipinski definition) is 1. The summed E-state index contributed by atoms with van der Waals surface area (Å²) < 4.78 is 0. The van der Waals surface area contributed by atoms with Gasteiger partial charge in [-0.15, -0.1) is 0 Å². The predicted octanol–water partition coefficient (Wildman–Crippen LogP) is 3.24. The fourth-order valence-corrected chi connectivity index (χ4v) is 3.62. The number of phenolic OH excluding ortho intramolecular Hbond substituents is 1. The second-order valence-electron chi connectivity index (χ2n) is 6.67. The number of piperidine rings is 1. The Kier molecular flexibility index (Phi) is 3.52. The van der Waals surface area contributed by atoms with Gasteiger partial charge >= 0.3 is 0 Å². The Balaban J connectivity index is 1.79. The number of rotatable bonds is 2. The lowest BCUT2D eigenvalue weighted by Crippen LogP contribution is -2.46. The van der Waals surface area contributed by atoms with Crippen LogP contribution in [0.1, 0.15) is 38.7 Å². The molecule has 0 radical (unpaired) electrons. The minimum atomic E-state index is 0.0818. The highest BCUT2D eigenvalue weighted by Gasteiger charge is 2.39. The number of likely N-dealkylation sites (tertiary alicyclic amines) is 1. The van der Waals surface area contributed by atoms with Crippen molar-refractivity contribution in [1.29, 1.82) is 0 Å². The van der Waals surface area contributed by atoms with Gasteiger partial charge in [-0.2, -0.15) is 0 Å². The van der Waals surface area contributed by atoms with E-state index in [1.54, 1.807) is 6.07 Å². The van der Waals surface area contributed by atoms with E-state index in [9.17, 15) is 9.90 Å². The first-order valence-electron chi connectivity index (χ1n) is 7.77. The first-order chi connectivity index (χ1) is 9.99. The molecular weight excluding hydrogens is 262 g/mol. The van der Waals surface area contributed by atoms with Gasteiger partial charge in [0.05, 0.1) is 0 Å². The van der Waals surface area contributed by atoms with Crippen LogP contribution >= 0.6 is 0 Å². The zero-order valence-electron chi connectivity index (χ0n) is 12.8. The van der Waals surface area contributed by atoms with Gasteiger partial charge in [-0.25, -0.2) is 0 Å². The van der Waals surface area contributed by atoms with Crippen LogP contribution in [0.25, 0.3) is 0 Å². The van der Waals surface area contributed by atoms with Crippen LogP contribution in [-0.4, -0.2) is 28.9 Å². The molecule has 21 heavy (non-hydrogen) atoms.